The predicted molar refractivity (Wildman–Crippen MR) is 175 cm³/mol. The summed E-state index contributed by atoms with van der Waals surface area (Å²) in [7, 11) is 1.84. The van der Waals surface area contributed by atoms with E-state index in [0.717, 1.165) is 29.3 Å². The van der Waals surface area contributed by atoms with Crippen LogP contribution in [-0.2, 0) is 21.4 Å². The monoisotopic (exact) mass is 610 g/mol. The smallest absolute Gasteiger partial charge is 0.342 e. The maximum Gasteiger partial charge on any atom is 0.342 e. The summed E-state index contributed by atoms with van der Waals surface area (Å²) in [5.74, 6) is -2.03. The summed E-state index contributed by atoms with van der Waals surface area (Å²) in [4.78, 5) is 67.4. The minimum atomic E-state index is -0.769. The van der Waals surface area contributed by atoms with Gasteiger partial charge in [-0.3, -0.25) is 19.2 Å². The molecule has 1 aliphatic carbocycles. The molecule has 2 heterocycles. The Morgan fingerprint density at radius 1 is 0.870 bits per heavy atom. The number of cyclic esters (lactones) is 1. The lowest BCUT2D eigenvalue weighted by Gasteiger charge is -2.22. The number of Topliss-reactive ketones (excluding diaryl/α,β-unsaturated/α-hetero) is 1. The molecule has 0 spiro atoms. The van der Waals surface area contributed by atoms with Crippen LogP contribution >= 0.6 is 0 Å². The largest absolute Gasteiger partial charge is 0.450 e. The molecule has 7 rings (SSSR count). The Morgan fingerprint density at radius 2 is 1.52 bits per heavy atom. The van der Waals surface area contributed by atoms with E-state index >= 15 is 0 Å². The first-order valence-corrected chi connectivity index (χ1v) is 15.3. The van der Waals surface area contributed by atoms with Gasteiger partial charge >= 0.3 is 5.97 Å². The van der Waals surface area contributed by atoms with Crippen LogP contribution in [0, 0.1) is 6.92 Å². The first-order valence-electron chi connectivity index (χ1n) is 15.3. The highest BCUT2D eigenvalue weighted by Crippen LogP contribution is 2.42. The molecule has 1 aromatic heterocycles. The van der Waals surface area contributed by atoms with E-state index in [1.54, 1.807) is 66.7 Å². The minimum Gasteiger partial charge on any atom is -0.450 e. The number of nitrogens with zero attached hydrogens (tertiary/aromatic N) is 1. The number of anilines is 1. The molecule has 1 fully saturated rings. The Morgan fingerprint density at radius 3 is 2.22 bits per heavy atom. The van der Waals surface area contributed by atoms with Gasteiger partial charge in [-0.1, -0.05) is 55.8 Å². The summed E-state index contributed by atoms with van der Waals surface area (Å²) >= 11 is 0. The van der Waals surface area contributed by atoms with Gasteiger partial charge in [-0.05, 0) is 67.3 Å². The van der Waals surface area contributed by atoms with Crippen molar-refractivity contribution in [1.29, 1.82) is 0 Å². The van der Waals surface area contributed by atoms with Crippen LogP contribution in [0.3, 0.4) is 0 Å². The molecule has 1 aliphatic heterocycles. The summed E-state index contributed by atoms with van der Waals surface area (Å²) < 4.78 is 7.28. The molecule has 8 nitrogen and oxygen atoms in total. The number of ether oxygens (including phenoxy) is 1. The summed E-state index contributed by atoms with van der Waals surface area (Å²) in [6.45, 7) is 3.92. The molecule has 1 unspecified atom stereocenters. The Kier molecular flexibility index (Phi) is 7.00. The number of unbranched alkanes of at least 4 members (excludes halogenated alkanes) is 1. The number of carbonyl (C=O) groups excluding carboxylic acids is 5. The zero-order chi connectivity index (χ0) is 32.3. The number of hydrogen-bond donors (Lipinski definition) is 1. The Hall–Kier alpha value is -5.63. The highest BCUT2D eigenvalue weighted by molar-refractivity contribution is 6.36. The average molecular weight is 611 g/mol. The van der Waals surface area contributed by atoms with Gasteiger partial charge in [0.2, 0.25) is 5.78 Å². The molecule has 0 radical (unpaired) electrons. The second-order valence-electron chi connectivity index (χ2n) is 11.8. The lowest BCUT2D eigenvalue weighted by Crippen LogP contribution is -2.24. The molecule has 2 aliphatic rings. The number of aromatic nitrogens is 1. The van der Waals surface area contributed by atoms with Crippen LogP contribution < -0.4 is 5.32 Å². The molecule has 5 aromatic rings. The lowest BCUT2D eigenvalue weighted by molar-refractivity contribution is -0.141. The van der Waals surface area contributed by atoms with Crippen LogP contribution in [0.5, 0.6) is 0 Å². The number of aryl methyl sites for hydroxylation is 2. The van der Waals surface area contributed by atoms with Crippen molar-refractivity contribution in [3.8, 4) is 0 Å². The molecule has 228 valence electrons. The first-order chi connectivity index (χ1) is 22.2. The van der Waals surface area contributed by atoms with Crippen molar-refractivity contribution in [2.45, 2.75) is 39.2 Å². The maximum atomic E-state index is 14.2. The standard InChI is InChI=1S/C38H30N2O6/c1-4-5-15-29-34(41)27(38(45)46-29)18-21-16-20(2)32-25(17-21)26-19-28(39-37(44)22-11-7-6-8-12-22)30-31(33(26)40(32)3)36(43)24-14-10-9-13-23(24)35(30)42/h6-14,16-19,29H,4-5,15H2,1-3H3,(H,39,44). The van der Waals surface area contributed by atoms with E-state index in [1.165, 1.54) is 0 Å². The zero-order valence-electron chi connectivity index (χ0n) is 25.6. The van der Waals surface area contributed by atoms with Crippen LogP contribution in [0.2, 0.25) is 0 Å². The number of ketones is 3. The van der Waals surface area contributed by atoms with E-state index in [-0.39, 0.29) is 45.3 Å². The van der Waals surface area contributed by atoms with Crippen LogP contribution in [0.25, 0.3) is 27.9 Å². The van der Waals surface area contributed by atoms with Gasteiger partial charge in [-0.15, -0.1) is 0 Å². The molecule has 4 aromatic carbocycles. The molecular weight excluding hydrogens is 580 g/mol. The number of fused-ring (bicyclic) bond motifs is 6. The molecule has 1 N–H and O–H groups in total. The van der Waals surface area contributed by atoms with Crippen molar-refractivity contribution in [2.75, 3.05) is 5.32 Å². The van der Waals surface area contributed by atoms with Crippen LogP contribution in [0.1, 0.15) is 79.5 Å². The van der Waals surface area contributed by atoms with Gasteiger partial charge in [-0.25, -0.2) is 4.79 Å². The number of esters is 1. The minimum absolute atomic E-state index is 0.00524. The van der Waals surface area contributed by atoms with Gasteiger partial charge in [0.15, 0.2) is 17.7 Å². The summed E-state index contributed by atoms with van der Waals surface area (Å²) in [6.07, 6.45) is 2.93. The topological polar surface area (TPSA) is 112 Å². The maximum absolute atomic E-state index is 14.2. The Bertz CT molecular complexity index is 2210. The van der Waals surface area contributed by atoms with Gasteiger partial charge in [0.1, 0.15) is 5.57 Å². The van der Waals surface area contributed by atoms with Crippen molar-refractivity contribution < 1.29 is 28.7 Å². The summed E-state index contributed by atoms with van der Waals surface area (Å²) in [5.41, 5.74) is 4.40. The molecule has 1 saturated heterocycles. The molecule has 1 amide bonds. The number of benzene rings is 4. The third-order valence-corrected chi connectivity index (χ3v) is 8.90. The lowest BCUT2D eigenvalue weighted by atomic mass is 9.82. The third-order valence-electron chi connectivity index (χ3n) is 8.90. The second-order valence-corrected chi connectivity index (χ2v) is 11.8. The Balaban J connectivity index is 1.46. The number of hydrogen-bond acceptors (Lipinski definition) is 6. The molecule has 0 saturated carbocycles. The number of rotatable bonds is 6. The third kappa shape index (κ3) is 4.48. The quantitative estimate of drug-likeness (QED) is 0.127. The molecular formula is C38H30N2O6. The van der Waals surface area contributed by atoms with Crippen molar-refractivity contribution in [2.24, 2.45) is 7.05 Å². The molecule has 1 atom stereocenters. The number of carbonyl (C=O) groups is 5. The number of amides is 1. The van der Waals surface area contributed by atoms with E-state index in [4.69, 9.17) is 4.74 Å². The van der Waals surface area contributed by atoms with Gasteiger partial charge in [0.05, 0.1) is 27.8 Å². The van der Waals surface area contributed by atoms with Crippen molar-refractivity contribution in [3.63, 3.8) is 0 Å². The SMILES string of the molecule is CCCCC1OC(=O)C(=Cc2cc(C)c3c(c2)c2cc(NC(=O)c4ccccc4)c4c(c2n3C)C(=O)c2ccccc2C4=O)C1=O. The van der Waals surface area contributed by atoms with Gasteiger partial charge in [0.25, 0.3) is 5.91 Å². The summed E-state index contributed by atoms with van der Waals surface area (Å²) in [5, 5.41) is 4.30. The van der Waals surface area contributed by atoms with E-state index in [2.05, 4.69) is 5.32 Å². The van der Waals surface area contributed by atoms with E-state index < -0.39 is 18.0 Å². The van der Waals surface area contributed by atoms with Gasteiger partial charge in [-0.2, -0.15) is 0 Å². The highest BCUT2D eigenvalue weighted by atomic mass is 16.6. The van der Waals surface area contributed by atoms with Crippen LogP contribution in [0.4, 0.5) is 5.69 Å². The summed E-state index contributed by atoms with van der Waals surface area (Å²) in [6, 6.07) is 20.8. The molecule has 8 heteroatoms. The molecule has 0 bridgehead atoms. The van der Waals surface area contributed by atoms with Crippen molar-refractivity contribution >= 4 is 62.8 Å². The number of nitrogens with one attached hydrogen (secondary N) is 1. The normalized spacial score (nSPS) is 16.7. The second kappa shape index (κ2) is 11.1. The van der Waals surface area contributed by atoms with Gasteiger partial charge < -0.3 is 14.6 Å². The predicted octanol–water partition coefficient (Wildman–Crippen LogP) is 6.74. The van der Waals surface area contributed by atoms with Gasteiger partial charge in [0, 0.05) is 34.5 Å². The van der Waals surface area contributed by atoms with E-state index in [9.17, 15) is 24.0 Å². The van der Waals surface area contributed by atoms with E-state index in [0.29, 0.717) is 34.0 Å². The first kappa shape index (κ1) is 29.1. The fourth-order valence-corrected chi connectivity index (χ4v) is 6.76. The van der Waals surface area contributed by atoms with E-state index in [1.807, 2.05) is 37.6 Å². The Labute approximate surface area is 264 Å². The van der Waals surface area contributed by atoms with Crippen molar-refractivity contribution in [1.82, 2.24) is 4.57 Å². The molecule has 46 heavy (non-hydrogen) atoms. The highest BCUT2D eigenvalue weighted by Gasteiger charge is 2.38. The van der Waals surface area contributed by atoms with Crippen molar-refractivity contribution in [3.05, 3.63) is 117 Å². The zero-order valence-corrected chi connectivity index (χ0v) is 25.6. The fraction of sp³-hybridized carbons (Fsp3) is 0.184. The van der Waals surface area contributed by atoms with Crippen LogP contribution in [0.15, 0.2) is 78.4 Å². The average Bonchev–Trinajstić information content (AvgIpc) is 3.49. The fourth-order valence-electron chi connectivity index (χ4n) is 6.76. The van der Waals surface area contributed by atoms with Crippen LogP contribution in [-0.4, -0.2) is 39.9 Å².